The summed E-state index contributed by atoms with van der Waals surface area (Å²) in [5.41, 5.74) is 1.07. The molecule has 1 atom stereocenters. The van der Waals surface area contributed by atoms with Crippen LogP contribution in [0.2, 0.25) is 0 Å². The van der Waals surface area contributed by atoms with Crippen LogP contribution in [0.15, 0.2) is 29.4 Å². The molecule has 2 saturated heterocycles. The summed E-state index contributed by atoms with van der Waals surface area (Å²) in [4.78, 5) is 26.5. The number of benzene rings is 1. The van der Waals surface area contributed by atoms with E-state index in [1.165, 1.54) is 11.8 Å². The van der Waals surface area contributed by atoms with Crippen LogP contribution in [0.5, 0.6) is 0 Å². The maximum Gasteiger partial charge on any atom is 0.251 e. The fourth-order valence-corrected chi connectivity index (χ4v) is 4.49. The maximum atomic E-state index is 12.6. The molecule has 3 heterocycles. The Morgan fingerprint density at radius 3 is 2.81 bits per heavy atom. The Hall–Kier alpha value is -2.63. The van der Waals surface area contributed by atoms with Gasteiger partial charge in [-0.15, -0.1) is 10.2 Å². The molecular weight excluding hydrogens is 432 g/mol. The number of nitrogens with zero attached hydrogens (tertiary/aromatic N) is 4. The van der Waals surface area contributed by atoms with Gasteiger partial charge in [0.2, 0.25) is 11.9 Å². The van der Waals surface area contributed by atoms with Gasteiger partial charge in [0, 0.05) is 38.0 Å². The zero-order chi connectivity index (χ0) is 22.3. The Balaban J connectivity index is 1.42. The van der Waals surface area contributed by atoms with Crippen molar-refractivity contribution in [3.05, 3.63) is 29.8 Å². The minimum atomic E-state index is -0.201. The predicted octanol–water partition coefficient (Wildman–Crippen LogP) is 1.38. The second kappa shape index (κ2) is 10.8. The lowest BCUT2D eigenvalue weighted by Gasteiger charge is -2.28. The summed E-state index contributed by atoms with van der Waals surface area (Å²) >= 11 is 1.34. The largest absolute Gasteiger partial charge is 0.378 e. The molecule has 1 aromatic carbocycles. The fourth-order valence-electron chi connectivity index (χ4n) is 3.75. The van der Waals surface area contributed by atoms with Crippen molar-refractivity contribution in [3.63, 3.8) is 0 Å². The molecule has 2 aliphatic heterocycles. The van der Waals surface area contributed by atoms with Gasteiger partial charge in [0.25, 0.3) is 5.91 Å². The Morgan fingerprint density at radius 2 is 2.06 bits per heavy atom. The van der Waals surface area contributed by atoms with Gasteiger partial charge in [0.05, 0.1) is 31.6 Å². The molecule has 11 heteroatoms. The summed E-state index contributed by atoms with van der Waals surface area (Å²) in [5.74, 6) is 0.596. The summed E-state index contributed by atoms with van der Waals surface area (Å²) < 4.78 is 13.3. The third-order valence-electron chi connectivity index (χ3n) is 5.37. The molecule has 1 unspecified atom stereocenters. The van der Waals surface area contributed by atoms with Crippen LogP contribution in [0.3, 0.4) is 0 Å². The van der Waals surface area contributed by atoms with Crippen molar-refractivity contribution in [2.24, 2.45) is 0 Å². The zero-order valence-corrected chi connectivity index (χ0v) is 18.9. The standard InChI is InChI=1S/C21H28N6O4S/c1-22-19(29)15-4-2-5-16(12-15)23-18(28)14-32-21-25-24-20(26-7-10-30-11-8-26)27(21)13-17-6-3-9-31-17/h2,4-5,12,17H,3,6-11,13-14H2,1H3,(H,22,29)(H,23,28). The van der Waals surface area contributed by atoms with Crippen LogP contribution in [-0.2, 0) is 20.8 Å². The van der Waals surface area contributed by atoms with Gasteiger partial charge in [0.1, 0.15) is 0 Å². The van der Waals surface area contributed by atoms with Crippen LogP contribution >= 0.6 is 11.8 Å². The van der Waals surface area contributed by atoms with Gasteiger partial charge in [-0.05, 0) is 31.0 Å². The zero-order valence-electron chi connectivity index (χ0n) is 18.1. The van der Waals surface area contributed by atoms with Crippen LogP contribution in [0.25, 0.3) is 0 Å². The molecule has 0 saturated carbocycles. The molecule has 10 nitrogen and oxygen atoms in total. The number of nitrogens with one attached hydrogen (secondary N) is 2. The number of carbonyl (C=O) groups excluding carboxylic acids is 2. The molecule has 0 radical (unpaired) electrons. The second-order valence-corrected chi connectivity index (χ2v) is 8.57. The number of hydrogen-bond acceptors (Lipinski definition) is 8. The average Bonchev–Trinajstić information content (AvgIpc) is 3.48. The van der Waals surface area contributed by atoms with Gasteiger partial charge in [0.15, 0.2) is 5.16 Å². The molecule has 2 amide bonds. The Labute approximate surface area is 191 Å². The number of rotatable bonds is 8. The van der Waals surface area contributed by atoms with E-state index in [-0.39, 0.29) is 23.7 Å². The van der Waals surface area contributed by atoms with E-state index in [1.807, 2.05) is 0 Å². The summed E-state index contributed by atoms with van der Waals surface area (Å²) in [7, 11) is 1.57. The highest BCUT2D eigenvalue weighted by Crippen LogP contribution is 2.26. The number of aromatic nitrogens is 3. The SMILES string of the molecule is CNC(=O)c1cccc(NC(=O)CSc2nnc(N3CCOCC3)n2CC2CCCO2)c1. The first kappa shape index (κ1) is 22.6. The van der Waals surface area contributed by atoms with E-state index in [0.717, 1.165) is 38.5 Å². The number of anilines is 2. The molecule has 2 aromatic rings. The molecule has 0 spiro atoms. The molecule has 0 aliphatic carbocycles. The molecule has 4 rings (SSSR count). The maximum absolute atomic E-state index is 12.6. The first-order chi connectivity index (χ1) is 15.6. The van der Waals surface area contributed by atoms with Gasteiger partial charge in [-0.3, -0.25) is 14.2 Å². The number of hydrogen-bond donors (Lipinski definition) is 2. The number of thioether (sulfide) groups is 1. The first-order valence-corrected chi connectivity index (χ1v) is 11.7. The molecule has 1 aromatic heterocycles. The average molecular weight is 461 g/mol. The number of morpholine rings is 1. The highest BCUT2D eigenvalue weighted by atomic mass is 32.2. The van der Waals surface area contributed by atoms with Crippen LogP contribution in [0, 0.1) is 0 Å². The Bertz CT molecular complexity index is 940. The van der Waals surface area contributed by atoms with Crippen LogP contribution in [0.4, 0.5) is 11.6 Å². The lowest BCUT2D eigenvalue weighted by atomic mass is 10.2. The van der Waals surface area contributed by atoms with Gasteiger partial charge >= 0.3 is 0 Å². The molecule has 2 aliphatic rings. The molecule has 0 bridgehead atoms. The van der Waals surface area contributed by atoms with Crippen molar-refractivity contribution >= 4 is 35.2 Å². The fraction of sp³-hybridized carbons (Fsp3) is 0.524. The van der Waals surface area contributed by atoms with Crippen LogP contribution in [-0.4, -0.2) is 78.4 Å². The van der Waals surface area contributed by atoms with Gasteiger partial charge in [-0.2, -0.15) is 0 Å². The molecule has 32 heavy (non-hydrogen) atoms. The highest BCUT2D eigenvalue weighted by Gasteiger charge is 2.25. The van der Waals surface area contributed by atoms with Crippen molar-refractivity contribution in [2.75, 3.05) is 55.9 Å². The van der Waals surface area contributed by atoms with Crippen molar-refractivity contribution in [1.82, 2.24) is 20.1 Å². The van der Waals surface area contributed by atoms with E-state index in [0.29, 0.717) is 36.2 Å². The first-order valence-electron chi connectivity index (χ1n) is 10.8. The van der Waals surface area contributed by atoms with Gasteiger partial charge < -0.3 is 25.0 Å². The summed E-state index contributed by atoms with van der Waals surface area (Å²) in [6.45, 7) is 4.28. The molecule has 2 fully saturated rings. The predicted molar refractivity (Wildman–Crippen MR) is 121 cm³/mol. The van der Waals surface area contributed by atoms with Crippen LogP contribution in [0.1, 0.15) is 23.2 Å². The third kappa shape index (κ3) is 5.59. The number of amides is 2. The van der Waals surface area contributed by atoms with E-state index in [2.05, 4.69) is 30.3 Å². The van der Waals surface area contributed by atoms with Gasteiger partial charge in [-0.1, -0.05) is 17.8 Å². The van der Waals surface area contributed by atoms with E-state index in [4.69, 9.17) is 9.47 Å². The van der Waals surface area contributed by atoms with Crippen molar-refractivity contribution in [3.8, 4) is 0 Å². The lowest BCUT2D eigenvalue weighted by Crippen LogP contribution is -2.38. The lowest BCUT2D eigenvalue weighted by molar-refractivity contribution is -0.113. The molecule has 2 N–H and O–H groups in total. The Morgan fingerprint density at radius 1 is 1.22 bits per heavy atom. The smallest absolute Gasteiger partial charge is 0.251 e. The van der Waals surface area contributed by atoms with Crippen molar-refractivity contribution in [1.29, 1.82) is 0 Å². The number of carbonyl (C=O) groups is 2. The third-order valence-corrected chi connectivity index (χ3v) is 6.34. The second-order valence-electron chi connectivity index (χ2n) is 7.62. The molecule has 172 valence electrons. The summed E-state index contributed by atoms with van der Waals surface area (Å²) in [5, 5.41) is 14.9. The number of ether oxygens (including phenoxy) is 2. The summed E-state index contributed by atoms with van der Waals surface area (Å²) in [6.07, 6.45) is 2.19. The minimum absolute atomic E-state index is 0.131. The van der Waals surface area contributed by atoms with E-state index >= 15 is 0 Å². The monoisotopic (exact) mass is 460 g/mol. The van der Waals surface area contributed by atoms with Crippen molar-refractivity contribution in [2.45, 2.75) is 30.6 Å². The van der Waals surface area contributed by atoms with Gasteiger partial charge in [-0.25, -0.2) is 0 Å². The van der Waals surface area contributed by atoms with Crippen LogP contribution < -0.4 is 15.5 Å². The van der Waals surface area contributed by atoms with Crippen molar-refractivity contribution < 1.29 is 19.1 Å². The molecular formula is C21H28N6O4S. The van der Waals surface area contributed by atoms with E-state index in [9.17, 15) is 9.59 Å². The normalized spacial score (nSPS) is 18.5. The summed E-state index contributed by atoms with van der Waals surface area (Å²) in [6, 6.07) is 6.84. The topological polar surface area (TPSA) is 111 Å². The minimum Gasteiger partial charge on any atom is -0.378 e. The van der Waals surface area contributed by atoms with E-state index in [1.54, 1.807) is 31.3 Å². The van der Waals surface area contributed by atoms with E-state index < -0.39 is 0 Å². The highest BCUT2D eigenvalue weighted by molar-refractivity contribution is 7.99. The Kier molecular flexibility index (Phi) is 7.61. The quantitative estimate of drug-likeness (QED) is 0.569.